The van der Waals surface area contributed by atoms with Gasteiger partial charge in [-0.3, -0.25) is 4.90 Å². The molecule has 194 valence electrons. The molecule has 6 nitrogen and oxygen atoms in total. The standard InChI is InChI=1S/C31H38N4O2/c1-25(23-34-21-18-32-19-22-34)24-35(31(36)33-28-13-15-29(37-2)16-14-28)20-17-30(26-9-5-3-6-10-26)27-11-7-4-8-12-27/h3-16,30,32H,1,17-24H2,2H3,(H,33,36). The first kappa shape index (κ1) is 26.5. The van der Waals surface area contributed by atoms with Gasteiger partial charge in [0.2, 0.25) is 0 Å². The molecule has 2 N–H and O–H groups in total. The van der Waals surface area contributed by atoms with Crippen LogP contribution >= 0.6 is 0 Å². The van der Waals surface area contributed by atoms with Crippen molar-refractivity contribution in [3.8, 4) is 5.75 Å². The van der Waals surface area contributed by atoms with Crippen LogP contribution in [0.15, 0.2) is 97.1 Å². The lowest BCUT2D eigenvalue weighted by atomic mass is 9.88. The van der Waals surface area contributed by atoms with Crippen LogP contribution in [0.2, 0.25) is 0 Å². The summed E-state index contributed by atoms with van der Waals surface area (Å²) in [6.07, 6.45) is 0.810. The third kappa shape index (κ3) is 7.94. The number of rotatable bonds is 11. The zero-order chi connectivity index (χ0) is 25.9. The molecule has 4 rings (SSSR count). The van der Waals surface area contributed by atoms with Crippen LogP contribution in [0.4, 0.5) is 10.5 Å². The molecule has 1 saturated heterocycles. The number of amides is 2. The van der Waals surface area contributed by atoms with Gasteiger partial charge in [0.15, 0.2) is 0 Å². The van der Waals surface area contributed by atoms with E-state index in [4.69, 9.17) is 4.74 Å². The predicted octanol–water partition coefficient (Wildman–Crippen LogP) is 5.21. The second kappa shape index (κ2) is 13.6. The maximum atomic E-state index is 13.5. The van der Waals surface area contributed by atoms with Gasteiger partial charge in [0.25, 0.3) is 0 Å². The Morgan fingerprint density at radius 2 is 1.57 bits per heavy atom. The van der Waals surface area contributed by atoms with Crippen LogP contribution in [-0.4, -0.2) is 68.8 Å². The number of urea groups is 1. The Morgan fingerprint density at radius 1 is 0.973 bits per heavy atom. The van der Waals surface area contributed by atoms with Gasteiger partial charge in [-0.05, 0) is 47.4 Å². The molecule has 3 aromatic rings. The van der Waals surface area contributed by atoms with E-state index in [0.29, 0.717) is 13.1 Å². The number of nitrogens with zero attached hydrogens (tertiary/aromatic N) is 2. The summed E-state index contributed by atoms with van der Waals surface area (Å²) in [6.45, 7) is 10.3. The summed E-state index contributed by atoms with van der Waals surface area (Å²) in [5.74, 6) is 0.952. The molecule has 2 amide bonds. The zero-order valence-corrected chi connectivity index (χ0v) is 21.7. The van der Waals surface area contributed by atoms with E-state index in [1.54, 1.807) is 7.11 Å². The Hall–Kier alpha value is -3.61. The number of carbonyl (C=O) groups excluding carboxylic acids is 1. The van der Waals surface area contributed by atoms with Crippen LogP contribution in [0, 0.1) is 0 Å². The zero-order valence-electron chi connectivity index (χ0n) is 21.7. The van der Waals surface area contributed by atoms with Crippen molar-refractivity contribution in [2.75, 3.05) is 58.2 Å². The topological polar surface area (TPSA) is 56.8 Å². The number of carbonyl (C=O) groups is 1. The van der Waals surface area contributed by atoms with E-state index >= 15 is 0 Å². The van der Waals surface area contributed by atoms with Gasteiger partial charge in [-0.2, -0.15) is 0 Å². The first-order chi connectivity index (χ1) is 18.1. The number of piperazine rings is 1. The lowest BCUT2D eigenvalue weighted by molar-refractivity contribution is 0.210. The van der Waals surface area contributed by atoms with Gasteiger partial charge in [-0.1, -0.05) is 67.2 Å². The van der Waals surface area contributed by atoms with Crippen molar-refractivity contribution in [2.45, 2.75) is 12.3 Å². The molecule has 0 unspecified atom stereocenters. The first-order valence-corrected chi connectivity index (χ1v) is 13.0. The van der Waals surface area contributed by atoms with Crippen LogP contribution in [0.1, 0.15) is 23.5 Å². The first-order valence-electron chi connectivity index (χ1n) is 13.0. The van der Waals surface area contributed by atoms with Crippen LogP contribution in [-0.2, 0) is 0 Å². The molecule has 0 saturated carbocycles. The molecular weight excluding hydrogens is 460 g/mol. The average Bonchev–Trinajstić information content (AvgIpc) is 2.94. The molecule has 1 fully saturated rings. The Kier molecular flexibility index (Phi) is 9.74. The van der Waals surface area contributed by atoms with Crippen LogP contribution in [0.25, 0.3) is 0 Å². The number of anilines is 1. The number of ether oxygens (including phenoxy) is 1. The van der Waals surface area contributed by atoms with E-state index in [-0.39, 0.29) is 11.9 Å². The molecule has 1 heterocycles. The third-order valence-corrected chi connectivity index (χ3v) is 6.79. The molecule has 0 atom stereocenters. The fourth-order valence-corrected chi connectivity index (χ4v) is 4.82. The van der Waals surface area contributed by atoms with E-state index in [1.807, 2.05) is 41.3 Å². The molecule has 37 heavy (non-hydrogen) atoms. The number of hydrogen-bond acceptors (Lipinski definition) is 4. The van der Waals surface area contributed by atoms with E-state index < -0.39 is 0 Å². The second-order valence-corrected chi connectivity index (χ2v) is 9.52. The molecule has 3 aromatic carbocycles. The number of methoxy groups -OCH3 is 1. The predicted molar refractivity (Wildman–Crippen MR) is 151 cm³/mol. The molecule has 0 spiro atoms. The van der Waals surface area contributed by atoms with Gasteiger partial charge in [0.05, 0.1) is 7.11 Å². The summed E-state index contributed by atoms with van der Waals surface area (Å²) in [7, 11) is 1.63. The van der Waals surface area contributed by atoms with Gasteiger partial charge >= 0.3 is 6.03 Å². The highest BCUT2D eigenvalue weighted by Crippen LogP contribution is 2.28. The highest BCUT2D eigenvalue weighted by atomic mass is 16.5. The smallest absolute Gasteiger partial charge is 0.322 e. The molecule has 1 aliphatic heterocycles. The lowest BCUT2D eigenvalue weighted by Gasteiger charge is -2.31. The van der Waals surface area contributed by atoms with Crippen molar-refractivity contribution in [2.24, 2.45) is 0 Å². The fourth-order valence-electron chi connectivity index (χ4n) is 4.82. The van der Waals surface area contributed by atoms with Crippen molar-refractivity contribution in [3.05, 3.63) is 108 Å². The Morgan fingerprint density at radius 3 is 2.14 bits per heavy atom. The average molecular weight is 499 g/mol. The van der Waals surface area contributed by atoms with Gasteiger partial charge < -0.3 is 20.3 Å². The van der Waals surface area contributed by atoms with Crippen molar-refractivity contribution in [3.63, 3.8) is 0 Å². The SMILES string of the molecule is C=C(CN1CCNCC1)CN(CCC(c1ccccc1)c1ccccc1)C(=O)Nc1ccc(OC)cc1. The third-order valence-electron chi connectivity index (χ3n) is 6.79. The summed E-state index contributed by atoms with van der Waals surface area (Å²) < 4.78 is 5.25. The molecule has 0 bridgehead atoms. The number of nitrogens with one attached hydrogen (secondary N) is 2. The van der Waals surface area contributed by atoms with Crippen LogP contribution < -0.4 is 15.4 Å². The molecule has 0 aliphatic carbocycles. The Labute approximate surface area is 220 Å². The minimum atomic E-state index is -0.119. The molecule has 0 radical (unpaired) electrons. The highest BCUT2D eigenvalue weighted by Gasteiger charge is 2.21. The summed E-state index contributed by atoms with van der Waals surface area (Å²) >= 11 is 0. The van der Waals surface area contributed by atoms with E-state index in [1.165, 1.54) is 11.1 Å². The minimum absolute atomic E-state index is 0.119. The van der Waals surface area contributed by atoms with Gasteiger partial charge in [0, 0.05) is 57.4 Å². The largest absolute Gasteiger partial charge is 0.497 e. The van der Waals surface area contributed by atoms with E-state index in [9.17, 15) is 4.79 Å². The molecule has 1 aliphatic rings. The fraction of sp³-hybridized carbons (Fsp3) is 0.323. The summed E-state index contributed by atoms with van der Waals surface area (Å²) in [4.78, 5) is 17.8. The molecular formula is C31H38N4O2. The van der Waals surface area contributed by atoms with Gasteiger partial charge in [0.1, 0.15) is 5.75 Å². The van der Waals surface area contributed by atoms with Crippen LogP contribution in [0.3, 0.4) is 0 Å². The Balaban J connectivity index is 1.49. The summed E-state index contributed by atoms with van der Waals surface area (Å²) in [6, 6.07) is 28.4. The number of benzene rings is 3. The summed E-state index contributed by atoms with van der Waals surface area (Å²) in [5.41, 5.74) is 4.29. The minimum Gasteiger partial charge on any atom is -0.497 e. The summed E-state index contributed by atoms with van der Waals surface area (Å²) in [5, 5.41) is 6.46. The molecule has 6 heteroatoms. The van der Waals surface area contributed by atoms with Crippen molar-refractivity contribution < 1.29 is 9.53 Å². The van der Waals surface area contributed by atoms with Crippen LogP contribution in [0.5, 0.6) is 5.75 Å². The quantitative estimate of drug-likeness (QED) is 0.356. The van der Waals surface area contributed by atoms with Crippen molar-refractivity contribution in [1.29, 1.82) is 0 Å². The van der Waals surface area contributed by atoms with E-state index in [2.05, 4.69) is 70.6 Å². The van der Waals surface area contributed by atoms with Gasteiger partial charge in [-0.15, -0.1) is 0 Å². The number of hydrogen-bond donors (Lipinski definition) is 2. The maximum absolute atomic E-state index is 13.5. The molecule has 0 aromatic heterocycles. The lowest BCUT2D eigenvalue weighted by Crippen LogP contribution is -2.45. The van der Waals surface area contributed by atoms with Gasteiger partial charge in [-0.25, -0.2) is 4.79 Å². The second-order valence-electron chi connectivity index (χ2n) is 9.52. The monoisotopic (exact) mass is 498 g/mol. The van der Waals surface area contributed by atoms with Crippen molar-refractivity contribution >= 4 is 11.7 Å². The van der Waals surface area contributed by atoms with E-state index in [0.717, 1.165) is 56.2 Å². The Bertz CT molecular complexity index is 1070. The normalized spacial score (nSPS) is 13.8. The maximum Gasteiger partial charge on any atom is 0.322 e. The van der Waals surface area contributed by atoms with Crippen molar-refractivity contribution in [1.82, 2.24) is 15.1 Å². The highest BCUT2D eigenvalue weighted by molar-refractivity contribution is 5.89.